The Morgan fingerprint density at radius 1 is 1.19 bits per heavy atom. The summed E-state index contributed by atoms with van der Waals surface area (Å²) in [5.74, 6) is 0.684. The number of carbonyl (C=O) groups is 1. The van der Waals surface area contributed by atoms with Crippen LogP contribution >= 0.6 is 0 Å². The fourth-order valence-electron chi connectivity index (χ4n) is 2.96. The maximum atomic E-state index is 12.1. The summed E-state index contributed by atoms with van der Waals surface area (Å²) < 4.78 is 10.5. The van der Waals surface area contributed by atoms with E-state index < -0.39 is 0 Å². The van der Waals surface area contributed by atoms with E-state index in [0.29, 0.717) is 13.0 Å². The molecule has 0 saturated heterocycles. The fraction of sp³-hybridized carbons (Fsp3) is 0.588. The van der Waals surface area contributed by atoms with E-state index in [1.54, 1.807) is 7.11 Å². The van der Waals surface area contributed by atoms with Gasteiger partial charge >= 0.3 is 5.97 Å². The predicted octanol–water partition coefficient (Wildman–Crippen LogP) is 3.05. The van der Waals surface area contributed by atoms with Crippen molar-refractivity contribution >= 4 is 5.97 Å². The molecule has 0 atom stereocenters. The first-order valence-corrected chi connectivity index (χ1v) is 7.65. The van der Waals surface area contributed by atoms with Gasteiger partial charge in [-0.3, -0.25) is 4.79 Å². The third-order valence-corrected chi connectivity index (χ3v) is 4.38. The highest BCUT2D eigenvalue weighted by Crippen LogP contribution is 2.31. The summed E-state index contributed by atoms with van der Waals surface area (Å²) in [7, 11) is 3.58. The molecular weight excluding hydrogens is 266 g/mol. The van der Waals surface area contributed by atoms with Gasteiger partial charge in [-0.2, -0.15) is 0 Å². The molecule has 1 fully saturated rings. The van der Waals surface area contributed by atoms with Crippen LogP contribution in [-0.2, 0) is 16.1 Å². The summed E-state index contributed by atoms with van der Waals surface area (Å²) in [6.07, 6.45) is 6.21. The number of nitrogens with one attached hydrogen (secondary N) is 1. The molecular formula is C17H25NO3. The minimum Gasteiger partial charge on any atom is -0.497 e. The van der Waals surface area contributed by atoms with Gasteiger partial charge < -0.3 is 14.8 Å². The largest absolute Gasteiger partial charge is 0.497 e. The van der Waals surface area contributed by atoms with Crippen molar-refractivity contribution in [1.82, 2.24) is 5.32 Å². The quantitative estimate of drug-likeness (QED) is 0.818. The van der Waals surface area contributed by atoms with Gasteiger partial charge in [0.2, 0.25) is 0 Å². The number of benzene rings is 1. The van der Waals surface area contributed by atoms with Crippen molar-refractivity contribution in [2.45, 2.75) is 50.7 Å². The number of rotatable bonds is 6. The van der Waals surface area contributed by atoms with Gasteiger partial charge in [-0.05, 0) is 37.6 Å². The van der Waals surface area contributed by atoms with E-state index in [0.717, 1.165) is 24.2 Å². The Kier molecular flexibility index (Phi) is 5.62. The molecule has 1 aliphatic rings. The van der Waals surface area contributed by atoms with Crippen LogP contribution < -0.4 is 10.1 Å². The van der Waals surface area contributed by atoms with Crippen molar-refractivity contribution in [2.75, 3.05) is 14.2 Å². The Morgan fingerprint density at radius 3 is 2.43 bits per heavy atom. The molecule has 4 heteroatoms. The van der Waals surface area contributed by atoms with Crippen LogP contribution in [-0.4, -0.2) is 25.7 Å². The Morgan fingerprint density at radius 2 is 1.86 bits per heavy atom. The average Bonchev–Trinajstić information content (AvgIpc) is 2.54. The Hall–Kier alpha value is -1.55. The molecule has 0 unspecified atom stereocenters. The second-order valence-corrected chi connectivity index (χ2v) is 5.78. The monoisotopic (exact) mass is 291 g/mol. The molecule has 1 N–H and O–H groups in total. The molecule has 116 valence electrons. The molecule has 0 bridgehead atoms. The van der Waals surface area contributed by atoms with E-state index in [-0.39, 0.29) is 11.5 Å². The van der Waals surface area contributed by atoms with Gasteiger partial charge in [0, 0.05) is 5.54 Å². The zero-order valence-corrected chi connectivity index (χ0v) is 13.0. The smallest absolute Gasteiger partial charge is 0.307 e. The Balaban J connectivity index is 1.83. The molecule has 1 saturated carbocycles. The number of hydrogen-bond donors (Lipinski definition) is 1. The normalized spacial score (nSPS) is 17.2. The van der Waals surface area contributed by atoms with Gasteiger partial charge in [0.15, 0.2) is 0 Å². The van der Waals surface area contributed by atoms with Crippen molar-refractivity contribution < 1.29 is 14.3 Å². The van der Waals surface area contributed by atoms with Gasteiger partial charge in [0.1, 0.15) is 12.4 Å². The van der Waals surface area contributed by atoms with Crippen LogP contribution in [0.15, 0.2) is 24.3 Å². The highest BCUT2D eigenvalue weighted by Gasteiger charge is 2.33. The first kappa shape index (κ1) is 15.8. The molecule has 21 heavy (non-hydrogen) atoms. The second kappa shape index (κ2) is 7.46. The number of carbonyl (C=O) groups excluding carboxylic acids is 1. The summed E-state index contributed by atoms with van der Waals surface area (Å²) in [5, 5.41) is 3.34. The third-order valence-electron chi connectivity index (χ3n) is 4.38. The van der Waals surface area contributed by atoms with E-state index in [1.807, 2.05) is 31.3 Å². The van der Waals surface area contributed by atoms with Gasteiger partial charge in [-0.25, -0.2) is 0 Å². The van der Waals surface area contributed by atoms with Crippen molar-refractivity contribution in [2.24, 2.45) is 0 Å². The molecule has 0 aliphatic heterocycles. The van der Waals surface area contributed by atoms with Crippen molar-refractivity contribution in [3.63, 3.8) is 0 Å². The lowest BCUT2D eigenvalue weighted by molar-refractivity contribution is -0.147. The van der Waals surface area contributed by atoms with E-state index in [4.69, 9.17) is 9.47 Å². The summed E-state index contributed by atoms with van der Waals surface area (Å²) in [4.78, 5) is 12.1. The Bertz CT molecular complexity index is 450. The zero-order chi connectivity index (χ0) is 15.1. The number of methoxy groups -OCH3 is 1. The number of esters is 1. The predicted molar refractivity (Wildman–Crippen MR) is 82.3 cm³/mol. The first-order valence-electron chi connectivity index (χ1n) is 7.65. The lowest BCUT2D eigenvalue weighted by Gasteiger charge is -2.36. The van der Waals surface area contributed by atoms with Gasteiger partial charge in [0.25, 0.3) is 0 Å². The SMILES string of the molecule is CNC1(CC(=O)OCc2ccc(OC)cc2)CCCCC1. The molecule has 0 aromatic heterocycles. The molecule has 0 radical (unpaired) electrons. The average molecular weight is 291 g/mol. The van der Waals surface area contributed by atoms with E-state index in [2.05, 4.69) is 5.32 Å². The number of hydrogen-bond acceptors (Lipinski definition) is 4. The summed E-state index contributed by atoms with van der Waals surface area (Å²) in [6.45, 7) is 0.322. The molecule has 4 nitrogen and oxygen atoms in total. The van der Waals surface area contributed by atoms with Crippen LogP contribution in [0.4, 0.5) is 0 Å². The highest BCUT2D eigenvalue weighted by atomic mass is 16.5. The maximum Gasteiger partial charge on any atom is 0.307 e. The summed E-state index contributed by atoms with van der Waals surface area (Å²) in [6, 6.07) is 7.58. The first-order chi connectivity index (χ1) is 10.2. The van der Waals surface area contributed by atoms with Crippen LogP contribution in [0.5, 0.6) is 5.75 Å². The van der Waals surface area contributed by atoms with Crippen molar-refractivity contribution in [3.8, 4) is 5.75 Å². The highest BCUT2D eigenvalue weighted by molar-refractivity contribution is 5.71. The van der Waals surface area contributed by atoms with Crippen molar-refractivity contribution in [3.05, 3.63) is 29.8 Å². The van der Waals surface area contributed by atoms with E-state index >= 15 is 0 Å². The Labute approximate surface area is 126 Å². The summed E-state index contributed by atoms with van der Waals surface area (Å²) >= 11 is 0. The van der Waals surface area contributed by atoms with Crippen LogP contribution in [0.2, 0.25) is 0 Å². The van der Waals surface area contributed by atoms with Crippen LogP contribution in [0.25, 0.3) is 0 Å². The molecule has 0 spiro atoms. The van der Waals surface area contributed by atoms with E-state index in [1.165, 1.54) is 19.3 Å². The third kappa shape index (κ3) is 4.46. The second-order valence-electron chi connectivity index (χ2n) is 5.78. The van der Waals surface area contributed by atoms with Gasteiger partial charge in [0.05, 0.1) is 13.5 Å². The molecule has 1 aliphatic carbocycles. The summed E-state index contributed by atoms with van der Waals surface area (Å²) in [5.41, 5.74) is 0.918. The molecule has 1 aromatic rings. The lowest BCUT2D eigenvalue weighted by atomic mass is 9.79. The minimum atomic E-state index is -0.123. The van der Waals surface area contributed by atoms with Crippen LogP contribution in [0.3, 0.4) is 0 Å². The van der Waals surface area contributed by atoms with Gasteiger partial charge in [-0.15, -0.1) is 0 Å². The molecule has 1 aromatic carbocycles. The topological polar surface area (TPSA) is 47.6 Å². The zero-order valence-electron chi connectivity index (χ0n) is 13.0. The molecule has 0 amide bonds. The fourth-order valence-corrected chi connectivity index (χ4v) is 2.96. The maximum absolute atomic E-state index is 12.1. The van der Waals surface area contributed by atoms with E-state index in [9.17, 15) is 4.79 Å². The standard InChI is InChI=1S/C17H25NO3/c1-18-17(10-4-3-5-11-17)12-16(19)21-13-14-6-8-15(20-2)9-7-14/h6-9,18H,3-5,10-13H2,1-2H3. The van der Waals surface area contributed by atoms with Gasteiger partial charge in [-0.1, -0.05) is 31.4 Å². The van der Waals surface area contributed by atoms with Crippen molar-refractivity contribution in [1.29, 1.82) is 0 Å². The van der Waals surface area contributed by atoms with Crippen LogP contribution in [0.1, 0.15) is 44.1 Å². The lowest BCUT2D eigenvalue weighted by Crippen LogP contribution is -2.46. The molecule has 0 heterocycles. The minimum absolute atomic E-state index is 0.0603. The molecule has 2 rings (SSSR count). The number of ether oxygens (including phenoxy) is 2. The van der Waals surface area contributed by atoms with Crippen LogP contribution in [0, 0.1) is 0 Å².